The molecule has 2 aromatic rings. The number of sulfonamides is 1. The number of hydrogen-bond donors (Lipinski definition) is 3. The van der Waals surface area contributed by atoms with Gasteiger partial charge >= 0.3 is 0 Å². The predicted molar refractivity (Wildman–Crippen MR) is 157 cm³/mol. The molecule has 12 nitrogen and oxygen atoms in total. The highest BCUT2D eigenvalue weighted by molar-refractivity contribution is 7.90. The van der Waals surface area contributed by atoms with Crippen molar-refractivity contribution < 1.29 is 41.0 Å². The number of halogens is 1. The summed E-state index contributed by atoms with van der Waals surface area (Å²) in [6.45, 7) is 3.29. The quantitative estimate of drug-likeness (QED) is 0.239. The third-order valence-electron chi connectivity index (χ3n) is 6.27. The summed E-state index contributed by atoms with van der Waals surface area (Å²) in [5, 5.41) is 16.3. The first-order valence-electron chi connectivity index (χ1n) is 13.1. The molecular formula is C27H36ClN3O9S2. The van der Waals surface area contributed by atoms with Gasteiger partial charge in [0.05, 0.1) is 22.8 Å². The third-order valence-corrected chi connectivity index (χ3v) is 9.28. The molecule has 0 radical (unpaired) electrons. The van der Waals surface area contributed by atoms with Crippen LogP contribution in [0.5, 0.6) is 11.5 Å². The largest absolute Gasteiger partial charge is 0.454 e. The summed E-state index contributed by atoms with van der Waals surface area (Å²) in [5.74, 6) is -2.23. The molecule has 0 bridgehead atoms. The van der Waals surface area contributed by atoms with Gasteiger partial charge in [0.2, 0.25) is 28.6 Å². The highest BCUT2D eigenvalue weighted by Crippen LogP contribution is 2.34. The van der Waals surface area contributed by atoms with Crippen LogP contribution < -0.4 is 20.1 Å². The first-order chi connectivity index (χ1) is 19.7. The maximum atomic E-state index is 13.7. The molecular weight excluding hydrogens is 610 g/mol. The molecule has 3 rings (SSSR count). The van der Waals surface area contributed by atoms with Crippen molar-refractivity contribution >= 4 is 43.3 Å². The molecule has 0 aliphatic carbocycles. The third kappa shape index (κ3) is 9.56. The van der Waals surface area contributed by atoms with E-state index in [0.29, 0.717) is 5.75 Å². The number of hydrogen-bond acceptors (Lipinski definition) is 9. The van der Waals surface area contributed by atoms with Gasteiger partial charge in [0, 0.05) is 25.4 Å². The molecule has 3 atom stereocenters. The van der Waals surface area contributed by atoms with Crippen molar-refractivity contribution in [1.29, 1.82) is 0 Å². The van der Waals surface area contributed by atoms with Crippen LogP contribution in [-0.2, 0) is 35.9 Å². The molecule has 0 saturated heterocycles. The molecule has 0 aromatic heterocycles. The lowest BCUT2D eigenvalue weighted by Gasteiger charge is -2.31. The summed E-state index contributed by atoms with van der Waals surface area (Å²) in [7, 11) is -7.85. The summed E-state index contributed by atoms with van der Waals surface area (Å²) < 4.78 is 63.2. The van der Waals surface area contributed by atoms with Gasteiger partial charge < -0.3 is 25.2 Å². The highest BCUT2D eigenvalue weighted by atomic mass is 35.5. The zero-order chi connectivity index (χ0) is 31.1. The van der Waals surface area contributed by atoms with Crippen molar-refractivity contribution in [3.05, 3.63) is 54.1 Å². The van der Waals surface area contributed by atoms with Crippen LogP contribution in [0.4, 0.5) is 0 Å². The number of aliphatic hydroxyl groups excluding tert-OH is 1. The molecule has 1 aliphatic rings. The van der Waals surface area contributed by atoms with E-state index in [1.807, 2.05) is 13.8 Å². The second-order valence-corrected chi connectivity index (χ2v) is 14.8. The number of alkyl halides is 1. The summed E-state index contributed by atoms with van der Waals surface area (Å²) in [6, 6.07) is 10.6. The Morgan fingerprint density at radius 3 is 2.29 bits per heavy atom. The van der Waals surface area contributed by atoms with Crippen molar-refractivity contribution in [2.75, 3.05) is 37.8 Å². The van der Waals surface area contributed by atoms with E-state index < -0.39 is 68.0 Å². The normalized spacial score (nSPS) is 15.3. The molecule has 15 heteroatoms. The van der Waals surface area contributed by atoms with Gasteiger partial charge in [-0.1, -0.05) is 44.2 Å². The minimum Gasteiger partial charge on any atom is -0.454 e. The van der Waals surface area contributed by atoms with Crippen molar-refractivity contribution in [2.45, 2.75) is 43.4 Å². The molecule has 0 unspecified atom stereocenters. The van der Waals surface area contributed by atoms with Gasteiger partial charge in [0.1, 0.15) is 21.8 Å². The van der Waals surface area contributed by atoms with Crippen molar-refractivity contribution in [1.82, 2.24) is 14.9 Å². The van der Waals surface area contributed by atoms with E-state index >= 15 is 0 Å². The van der Waals surface area contributed by atoms with Crippen LogP contribution in [0.2, 0.25) is 0 Å². The van der Waals surface area contributed by atoms with Crippen LogP contribution in [0.1, 0.15) is 19.4 Å². The number of carbonyl (C=O) groups excluding carboxylic acids is 2. The number of aliphatic hydroxyl groups is 1. The fraction of sp³-hybridized carbons (Fsp3) is 0.481. The fourth-order valence-corrected chi connectivity index (χ4v) is 6.91. The van der Waals surface area contributed by atoms with E-state index in [2.05, 4.69) is 10.6 Å². The van der Waals surface area contributed by atoms with Gasteiger partial charge in [-0.15, -0.1) is 11.6 Å². The molecule has 0 spiro atoms. The zero-order valence-electron chi connectivity index (χ0n) is 23.5. The van der Waals surface area contributed by atoms with E-state index in [4.69, 9.17) is 21.1 Å². The Kier molecular flexibility index (Phi) is 11.6. The van der Waals surface area contributed by atoms with Gasteiger partial charge in [-0.2, -0.15) is 4.31 Å². The van der Waals surface area contributed by atoms with Crippen LogP contribution in [0, 0.1) is 5.92 Å². The Bertz CT molecular complexity index is 1450. The predicted octanol–water partition coefficient (Wildman–Crippen LogP) is 0.919. The van der Waals surface area contributed by atoms with Gasteiger partial charge in [-0.3, -0.25) is 9.59 Å². The smallest absolute Gasteiger partial charge is 0.243 e. The molecule has 42 heavy (non-hydrogen) atoms. The highest BCUT2D eigenvalue weighted by Gasteiger charge is 2.34. The number of nitrogens with zero attached hydrogens (tertiary/aromatic N) is 1. The van der Waals surface area contributed by atoms with Crippen LogP contribution in [-0.4, -0.2) is 94.0 Å². The number of fused-ring (bicyclic) bond motifs is 1. The molecule has 3 N–H and O–H groups in total. The Hall–Kier alpha value is -2.91. The Morgan fingerprint density at radius 1 is 1.00 bits per heavy atom. The van der Waals surface area contributed by atoms with Crippen LogP contribution >= 0.6 is 11.6 Å². The Morgan fingerprint density at radius 2 is 1.67 bits per heavy atom. The summed E-state index contributed by atoms with van der Waals surface area (Å²) in [4.78, 5) is 25.1. The minimum absolute atomic E-state index is 0.0280. The maximum absolute atomic E-state index is 13.7. The van der Waals surface area contributed by atoms with Crippen molar-refractivity contribution in [2.24, 2.45) is 5.92 Å². The molecule has 0 saturated carbocycles. The lowest BCUT2D eigenvalue weighted by atomic mass is 10.0. The summed E-state index contributed by atoms with van der Waals surface area (Å²) >= 11 is 5.55. The fourth-order valence-electron chi connectivity index (χ4n) is 4.35. The Balaban J connectivity index is 1.91. The minimum atomic E-state index is -4.13. The van der Waals surface area contributed by atoms with Crippen LogP contribution in [0.25, 0.3) is 0 Å². The van der Waals surface area contributed by atoms with E-state index in [9.17, 15) is 31.5 Å². The molecule has 1 heterocycles. The van der Waals surface area contributed by atoms with Gasteiger partial charge in [-0.05, 0) is 30.0 Å². The average molecular weight is 646 g/mol. The van der Waals surface area contributed by atoms with Crippen LogP contribution in [0.15, 0.2) is 53.4 Å². The SMILES string of the molecule is CC(C)CN(C[C@@H](O)[C@H](Cc1ccccc1)NC(=O)[C@H](CS(C)(=O)=O)NC(=O)CCl)S(=O)(=O)c1ccc2c(c1)OCO2. The van der Waals surface area contributed by atoms with Gasteiger partial charge in [0.15, 0.2) is 11.5 Å². The second kappa shape index (κ2) is 14.5. The van der Waals surface area contributed by atoms with Crippen molar-refractivity contribution in [3.8, 4) is 11.5 Å². The number of ether oxygens (including phenoxy) is 2. The molecule has 2 aromatic carbocycles. The molecule has 1 aliphatic heterocycles. The summed E-state index contributed by atoms with van der Waals surface area (Å²) in [5.41, 5.74) is 0.723. The number of benzene rings is 2. The lowest BCUT2D eigenvalue weighted by Crippen LogP contribution is -2.57. The van der Waals surface area contributed by atoms with E-state index in [-0.39, 0.29) is 36.3 Å². The number of sulfone groups is 1. The zero-order valence-corrected chi connectivity index (χ0v) is 25.9. The first kappa shape index (κ1) is 33.6. The van der Waals surface area contributed by atoms with E-state index in [0.717, 1.165) is 16.1 Å². The molecule has 0 fully saturated rings. The van der Waals surface area contributed by atoms with E-state index in [1.165, 1.54) is 18.2 Å². The van der Waals surface area contributed by atoms with Gasteiger partial charge in [0.25, 0.3) is 0 Å². The second-order valence-electron chi connectivity index (χ2n) is 10.4. The first-order valence-corrected chi connectivity index (χ1v) is 17.2. The number of carbonyl (C=O) groups is 2. The van der Waals surface area contributed by atoms with Crippen LogP contribution in [0.3, 0.4) is 0 Å². The monoisotopic (exact) mass is 645 g/mol. The number of rotatable bonds is 15. The van der Waals surface area contributed by atoms with Gasteiger partial charge in [-0.25, -0.2) is 16.8 Å². The standard InChI is InChI=1S/C27H36ClN3O9S2/c1-18(2)14-31(42(37,38)20-9-10-24-25(12-20)40-17-39-24)15-23(32)21(11-19-7-5-4-6-8-19)30-27(34)22(16-41(3,35)36)29-26(33)13-28/h4-10,12,18,21-23,32H,11,13-17H2,1-3H3,(H,29,33)(H,30,34)/t21-,22-,23+/m0/s1. The molecule has 232 valence electrons. The average Bonchev–Trinajstić information content (AvgIpc) is 3.39. The lowest BCUT2D eigenvalue weighted by molar-refractivity contribution is -0.128. The maximum Gasteiger partial charge on any atom is 0.243 e. The Labute approximate surface area is 251 Å². The topological polar surface area (TPSA) is 168 Å². The van der Waals surface area contributed by atoms with E-state index in [1.54, 1.807) is 30.3 Å². The number of nitrogens with one attached hydrogen (secondary N) is 2. The summed E-state index contributed by atoms with van der Waals surface area (Å²) in [6.07, 6.45) is -0.428. The molecule has 2 amide bonds. The van der Waals surface area contributed by atoms with Crippen molar-refractivity contribution in [3.63, 3.8) is 0 Å². The number of amides is 2.